The highest BCUT2D eigenvalue weighted by atomic mass is 16.6. The fourth-order valence-corrected chi connectivity index (χ4v) is 1.84. The van der Waals surface area contributed by atoms with E-state index in [4.69, 9.17) is 5.73 Å². The van der Waals surface area contributed by atoms with E-state index in [-0.39, 0.29) is 28.9 Å². The van der Waals surface area contributed by atoms with E-state index in [0.717, 1.165) is 19.3 Å². The summed E-state index contributed by atoms with van der Waals surface area (Å²) in [4.78, 5) is 22.2. The molecule has 0 heterocycles. The van der Waals surface area contributed by atoms with Crippen LogP contribution in [0.3, 0.4) is 0 Å². The maximum atomic E-state index is 12.1. The van der Waals surface area contributed by atoms with Crippen LogP contribution in [0.15, 0.2) is 18.2 Å². The molecule has 1 amide bonds. The second-order valence-electron chi connectivity index (χ2n) is 4.40. The third-order valence-corrected chi connectivity index (χ3v) is 2.96. The van der Waals surface area contributed by atoms with E-state index in [1.54, 1.807) is 0 Å². The normalized spacial score (nSPS) is 11.9. The maximum Gasteiger partial charge on any atom is 0.270 e. The zero-order valence-corrected chi connectivity index (χ0v) is 11.2. The number of nitrogens with two attached hydrogens (primary N) is 1. The molecule has 19 heavy (non-hydrogen) atoms. The van der Waals surface area contributed by atoms with E-state index >= 15 is 0 Å². The van der Waals surface area contributed by atoms with Crippen molar-refractivity contribution in [2.45, 2.75) is 39.2 Å². The Hall–Kier alpha value is -2.11. The molecule has 0 saturated heterocycles. The van der Waals surface area contributed by atoms with Crippen molar-refractivity contribution in [2.24, 2.45) is 0 Å². The SMILES string of the molecule is CCCC(CC)NC(=O)c1cc([N+](=O)[O-])ccc1N. The summed E-state index contributed by atoms with van der Waals surface area (Å²) in [6.07, 6.45) is 2.65. The van der Waals surface area contributed by atoms with Crippen LogP contribution < -0.4 is 11.1 Å². The van der Waals surface area contributed by atoms with Crippen molar-refractivity contribution in [3.05, 3.63) is 33.9 Å². The van der Waals surface area contributed by atoms with Gasteiger partial charge in [-0.25, -0.2) is 0 Å². The Morgan fingerprint density at radius 3 is 2.68 bits per heavy atom. The zero-order chi connectivity index (χ0) is 14.4. The van der Waals surface area contributed by atoms with Gasteiger partial charge < -0.3 is 11.1 Å². The predicted molar refractivity (Wildman–Crippen MR) is 74.0 cm³/mol. The van der Waals surface area contributed by atoms with Gasteiger partial charge >= 0.3 is 0 Å². The molecule has 0 fully saturated rings. The number of hydrogen-bond acceptors (Lipinski definition) is 4. The molecule has 0 saturated carbocycles. The molecule has 1 unspecified atom stereocenters. The van der Waals surface area contributed by atoms with Crippen LogP contribution in [0.4, 0.5) is 11.4 Å². The third kappa shape index (κ3) is 3.94. The van der Waals surface area contributed by atoms with E-state index in [9.17, 15) is 14.9 Å². The van der Waals surface area contributed by atoms with Crippen LogP contribution in [0.1, 0.15) is 43.5 Å². The average molecular weight is 265 g/mol. The van der Waals surface area contributed by atoms with Crippen LogP contribution in [-0.4, -0.2) is 16.9 Å². The molecular formula is C13H19N3O3. The summed E-state index contributed by atoms with van der Waals surface area (Å²) in [6.45, 7) is 4.02. The van der Waals surface area contributed by atoms with Crippen molar-refractivity contribution in [2.75, 3.05) is 5.73 Å². The monoisotopic (exact) mass is 265 g/mol. The first kappa shape index (κ1) is 14.9. The summed E-state index contributed by atoms with van der Waals surface area (Å²) in [6, 6.07) is 3.95. The molecular weight excluding hydrogens is 246 g/mol. The molecule has 0 spiro atoms. The van der Waals surface area contributed by atoms with E-state index in [0.29, 0.717) is 0 Å². The first-order valence-electron chi connectivity index (χ1n) is 6.34. The number of non-ortho nitro benzene ring substituents is 1. The highest BCUT2D eigenvalue weighted by molar-refractivity contribution is 5.99. The maximum absolute atomic E-state index is 12.1. The van der Waals surface area contributed by atoms with E-state index in [2.05, 4.69) is 5.32 Å². The molecule has 104 valence electrons. The van der Waals surface area contributed by atoms with Gasteiger partial charge in [-0.15, -0.1) is 0 Å². The van der Waals surface area contributed by atoms with Crippen molar-refractivity contribution in [1.82, 2.24) is 5.32 Å². The Kier molecular flexibility index (Phi) is 5.29. The van der Waals surface area contributed by atoms with Gasteiger partial charge in [0.05, 0.1) is 10.5 Å². The molecule has 0 aromatic heterocycles. The molecule has 1 aromatic rings. The lowest BCUT2D eigenvalue weighted by molar-refractivity contribution is -0.384. The van der Waals surface area contributed by atoms with Crippen molar-refractivity contribution in [1.29, 1.82) is 0 Å². The molecule has 1 rings (SSSR count). The molecule has 0 aliphatic carbocycles. The number of nitrogen functional groups attached to an aromatic ring is 1. The number of carbonyl (C=O) groups excluding carboxylic acids is 1. The van der Waals surface area contributed by atoms with Gasteiger partial charge in [-0.1, -0.05) is 20.3 Å². The van der Waals surface area contributed by atoms with E-state index < -0.39 is 4.92 Å². The summed E-state index contributed by atoms with van der Waals surface area (Å²) >= 11 is 0. The Bertz CT molecular complexity index is 474. The smallest absolute Gasteiger partial charge is 0.270 e. The molecule has 6 heteroatoms. The number of nitrogens with one attached hydrogen (secondary N) is 1. The Balaban J connectivity index is 2.92. The van der Waals surface area contributed by atoms with Crippen LogP contribution in [0.2, 0.25) is 0 Å². The lowest BCUT2D eigenvalue weighted by atomic mass is 10.1. The molecule has 1 atom stereocenters. The van der Waals surface area contributed by atoms with Gasteiger partial charge in [-0.2, -0.15) is 0 Å². The van der Waals surface area contributed by atoms with Gasteiger partial charge in [0.25, 0.3) is 11.6 Å². The summed E-state index contributed by atoms with van der Waals surface area (Å²) in [5.41, 5.74) is 5.96. The molecule has 0 aliphatic heterocycles. The largest absolute Gasteiger partial charge is 0.398 e. The summed E-state index contributed by atoms with van der Waals surface area (Å²) < 4.78 is 0. The molecule has 1 aromatic carbocycles. The number of benzene rings is 1. The lowest BCUT2D eigenvalue weighted by Crippen LogP contribution is -2.34. The lowest BCUT2D eigenvalue weighted by Gasteiger charge is -2.16. The number of amides is 1. The second kappa shape index (κ2) is 6.72. The van der Waals surface area contributed by atoms with Crippen molar-refractivity contribution in [3.8, 4) is 0 Å². The molecule has 0 radical (unpaired) electrons. The van der Waals surface area contributed by atoms with Gasteiger partial charge in [0, 0.05) is 23.9 Å². The van der Waals surface area contributed by atoms with Crippen molar-refractivity contribution >= 4 is 17.3 Å². The highest BCUT2D eigenvalue weighted by Gasteiger charge is 2.17. The summed E-state index contributed by atoms with van der Waals surface area (Å²) in [5, 5.41) is 13.6. The van der Waals surface area contributed by atoms with Crippen LogP contribution in [0, 0.1) is 10.1 Å². The number of carbonyl (C=O) groups is 1. The first-order chi connectivity index (χ1) is 8.99. The molecule has 3 N–H and O–H groups in total. The van der Waals surface area contributed by atoms with Gasteiger partial charge in [0.2, 0.25) is 0 Å². The number of rotatable bonds is 6. The first-order valence-corrected chi connectivity index (χ1v) is 6.34. The van der Waals surface area contributed by atoms with E-state index in [1.165, 1.54) is 18.2 Å². The number of nitrogens with zero attached hydrogens (tertiary/aromatic N) is 1. The van der Waals surface area contributed by atoms with Crippen LogP contribution in [0.5, 0.6) is 0 Å². The van der Waals surface area contributed by atoms with Gasteiger partial charge in [-0.05, 0) is 18.9 Å². The Morgan fingerprint density at radius 2 is 2.16 bits per heavy atom. The van der Waals surface area contributed by atoms with Crippen LogP contribution in [0.25, 0.3) is 0 Å². The fourth-order valence-electron chi connectivity index (χ4n) is 1.84. The standard InChI is InChI=1S/C13H19N3O3/c1-3-5-9(4-2)15-13(17)11-8-10(16(18)19)6-7-12(11)14/h6-9H,3-5,14H2,1-2H3,(H,15,17). The Morgan fingerprint density at radius 1 is 1.47 bits per heavy atom. The summed E-state index contributed by atoms with van der Waals surface area (Å²) in [5.74, 6) is -0.360. The number of nitro benzene ring substituents is 1. The minimum atomic E-state index is -0.542. The van der Waals surface area contributed by atoms with E-state index in [1.807, 2.05) is 13.8 Å². The van der Waals surface area contributed by atoms with Gasteiger partial charge in [0.15, 0.2) is 0 Å². The second-order valence-corrected chi connectivity index (χ2v) is 4.40. The quantitative estimate of drug-likeness (QED) is 0.469. The molecule has 0 aliphatic rings. The van der Waals surface area contributed by atoms with Crippen LogP contribution >= 0.6 is 0 Å². The number of nitro groups is 1. The minimum absolute atomic E-state index is 0.0659. The predicted octanol–water partition coefficient (Wildman–Crippen LogP) is 2.49. The minimum Gasteiger partial charge on any atom is -0.398 e. The van der Waals surface area contributed by atoms with Crippen molar-refractivity contribution in [3.63, 3.8) is 0 Å². The van der Waals surface area contributed by atoms with Crippen molar-refractivity contribution < 1.29 is 9.72 Å². The summed E-state index contributed by atoms with van der Waals surface area (Å²) in [7, 11) is 0. The fraction of sp³-hybridized carbons (Fsp3) is 0.462. The number of hydrogen-bond donors (Lipinski definition) is 2. The van der Waals surface area contributed by atoms with Gasteiger partial charge in [0.1, 0.15) is 0 Å². The molecule has 6 nitrogen and oxygen atoms in total. The topological polar surface area (TPSA) is 98.3 Å². The average Bonchev–Trinajstić information content (AvgIpc) is 2.38. The molecule has 0 bridgehead atoms. The van der Waals surface area contributed by atoms with Crippen LogP contribution in [-0.2, 0) is 0 Å². The number of anilines is 1. The zero-order valence-electron chi connectivity index (χ0n) is 11.2. The van der Waals surface area contributed by atoms with Gasteiger partial charge in [-0.3, -0.25) is 14.9 Å². The highest BCUT2D eigenvalue weighted by Crippen LogP contribution is 2.20. The third-order valence-electron chi connectivity index (χ3n) is 2.96. The Labute approximate surface area is 112 Å².